The van der Waals surface area contributed by atoms with Gasteiger partial charge in [0.1, 0.15) is 0 Å². The number of hydrogen-bond donors (Lipinski definition) is 2. The van der Waals surface area contributed by atoms with Gasteiger partial charge in [-0.25, -0.2) is 4.79 Å². The second-order valence-electron chi connectivity index (χ2n) is 6.61. The maximum atomic E-state index is 12.2. The standard InChI is InChI=1S/C23H19N5O/c1-16-8-11-20(27-23(29)26-19-6-4-3-5-7-19)12-17(16)9-10-18-13-24-15-22-21(18)14-25-28(22)2/h3-8,11-15H,1-2H3,(H2,26,27,29). The van der Waals surface area contributed by atoms with Gasteiger partial charge in [0.2, 0.25) is 0 Å². The Morgan fingerprint density at radius 3 is 2.52 bits per heavy atom. The summed E-state index contributed by atoms with van der Waals surface area (Å²) in [5.41, 5.74) is 5.01. The van der Waals surface area contributed by atoms with Crippen LogP contribution in [0.5, 0.6) is 0 Å². The third-order valence-electron chi connectivity index (χ3n) is 4.53. The van der Waals surface area contributed by atoms with E-state index in [0.717, 1.165) is 33.3 Å². The van der Waals surface area contributed by atoms with Crippen LogP contribution in [-0.2, 0) is 7.05 Å². The number of benzene rings is 2. The molecule has 2 heterocycles. The zero-order chi connectivity index (χ0) is 20.2. The van der Waals surface area contributed by atoms with Crippen molar-refractivity contribution in [3.05, 3.63) is 83.8 Å². The van der Waals surface area contributed by atoms with E-state index in [4.69, 9.17) is 0 Å². The van der Waals surface area contributed by atoms with Crippen LogP contribution in [-0.4, -0.2) is 20.8 Å². The summed E-state index contributed by atoms with van der Waals surface area (Å²) in [5, 5.41) is 10.9. The zero-order valence-electron chi connectivity index (χ0n) is 16.1. The molecule has 29 heavy (non-hydrogen) atoms. The minimum atomic E-state index is -0.303. The average molecular weight is 381 g/mol. The smallest absolute Gasteiger partial charge is 0.308 e. The SMILES string of the molecule is Cc1ccc(NC(=O)Nc2ccccc2)cc1C#Cc1cncc2c1cnn2C. The third kappa shape index (κ3) is 4.09. The van der Waals surface area contributed by atoms with E-state index in [1.165, 1.54) is 0 Å². The average Bonchev–Trinajstić information content (AvgIpc) is 3.11. The molecule has 2 amide bonds. The van der Waals surface area contributed by atoms with Gasteiger partial charge >= 0.3 is 6.03 Å². The molecule has 0 aliphatic rings. The van der Waals surface area contributed by atoms with Crippen molar-refractivity contribution in [2.24, 2.45) is 7.05 Å². The van der Waals surface area contributed by atoms with E-state index in [1.54, 1.807) is 23.3 Å². The number of fused-ring (bicyclic) bond motifs is 1. The van der Waals surface area contributed by atoms with Crippen LogP contribution in [0.1, 0.15) is 16.7 Å². The molecular weight excluding hydrogens is 362 g/mol. The van der Waals surface area contributed by atoms with Crippen LogP contribution in [0.15, 0.2) is 67.1 Å². The summed E-state index contributed by atoms with van der Waals surface area (Å²) >= 11 is 0. The quantitative estimate of drug-likeness (QED) is 0.508. The van der Waals surface area contributed by atoms with Crippen molar-refractivity contribution in [1.29, 1.82) is 0 Å². The second-order valence-corrected chi connectivity index (χ2v) is 6.61. The van der Waals surface area contributed by atoms with Crippen LogP contribution in [0.4, 0.5) is 16.2 Å². The Bertz CT molecular complexity index is 1250. The Morgan fingerprint density at radius 2 is 1.69 bits per heavy atom. The topological polar surface area (TPSA) is 71.8 Å². The van der Waals surface area contributed by atoms with Crippen LogP contribution in [0.25, 0.3) is 10.9 Å². The van der Waals surface area contributed by atoms with E-state index in [0.29, 0.717) is 5.69 Å². The molecule has 2 N–H and O–H groups in total. The molecule has 6 heteroatoms. The number of aromatic nitrogens is 3. The van der Waals surface area contributed by atoms with Crippen LogP contribution < -0.4 is 10.6 Å². The first kappa shape index (κ1) is 18.3. The van der Waals surface area contributed by atoms with Crippen LogP contribution in [0, 0.1) is 18.8 Å². The molecule has 142 valence electrons. The van der Waals surface area contributed by atoms with Crippen molar-refractivity contribution < 1.29 is 4.79 Å². The largest absolute Gasteiger partial charge is 0.323 e. The van der Waals surface area contributed by atoms with Crippen LogP contribution in [0.2, 0.25) is 0 Å². The molecule has 0 radical (unpaired) electrons. The number of anilines is 2. The number of nitrogens with one attached hydrogen (secondary N) is 2. The molecule has 0 fully saturated rings. The fourth-order valence-corrected chi connectivity index (χ4v) is 2.94. The van der Waals surface area contributed by atoms with Gasteiger partial charge in [0, 0.05) is 35.6 Å². The van der Waals surface area contributed by atoms with Crippen LogP contribution in [0.3, 0.4) is 0 Å². The number of aryl methyl sites for hydroxylation is 2. The lowest BCUT2D eigenvalue weighted by atomic mass is 10.1. The third-order valence-corrected chi connectivity index (χ3v) is 4.53. The summed E-state index contributed by atoms with van der Waals surface area (Å²) in [6.07, 6.45) is 5.30. The Labute approximate surface area is 168 Å². The van der Waals surface area contributed by atoms with Gasteiger partial charge in [0.05, 0.1) is 23.5 Å². The molecule has 0 saturated carbocycles. The van der Waals surface area contributed by atoms with Gasteiger partial charge in [-0.15, -0.1) is 0 Å². The predicted octanol–water partition coefficient (Wildman–Crippen LogP) is 4.32. The van der Waals surface area contributed by atoms with E-state index in [9.17, 15) is 4.79 Å². The molecule has 2 aromatic heterocycles. The lowest BCUT2D eigenvalue weighted by Crippen LogP contribution is -2.19. The highest BCUT2D eigenvalue weighted by molar-refractivity contribution is 5.99. The van der Waals surface area contributed by atoms with Crippen molar-refractivity contribution in [3.63, 3.8) is 0 Å². The predicted molar refractivity (Wildman–Crippen MR) is 115 cm³/mol. The second kappa shape index (κ2) is 7.87. The number of para-hydroxylation sites is 1. The van der Waals surface area contributed by atoms with Crippen molar-refractivity contribution in [1.82, 2.24) is 14.8 Å². The number of rotatable bonds is 2. The van der Waals surface area contributed by atoms with E-state index in [1.807, 2.05) is 62.5 Å². The summed E-state index contributed by atoms with van der Waals surface area (Å²) < 4.78 is 1.77. The lowest BCUT2D eigenvalue weighted by Gasteiger charge is -2.09. The molecule has 0 saturated heterocycles. The first-order valence-corrected chi connectivity index (χ1v) is 9.11. The van der Waals surface area contributed by atoms with E-state index >= 15 is 0 Å². The van der Waals surface area contributed by atoms with Gasteiger partial charge in [0.25, 0.3) is 0 Å². The molecule has 0 aliphatic heterocycles. The maximum Gasteiger partial charge on any atom is 0.323 e. The number of carbonyl (C=O) groups is 1. The van der Waals surface area contributed by atoms with Crippen molar-refractivity contribution >= 4 is 28.3 Å². The maximum absolute atomic E-state index is 12.2. The summed E-state index contributed by atoms with van der Waals surface area (Å²) in [5.74, 6) is 6.38. The van der Waals surface area contributed by atoms with E-state index < -0.39 is 0 Å². The summed E-state index contributed by atoms with van der Waals surface area (Å²) in [4.78, 5) is 16.5. The highest BCUT2D eigenvalue weighted by atomic mass is 16.2. The van der Waals surface area contributed by atoms with Gasteiger partial charge in [-0.1, -0.05) is 36.1 Å². The number of urea groups is 1. The number of pyridine rings is 1. The van der Waals surface area contributed by atoms with Gasteiger partial charge in [-0.3, -0.25) is 9.67 Å². The molecule has 0 atom stereocenters. The molecule has 4 aromatic rings. The van der Waals surface area contributed by atoms with E-state index in [2.05, 4.69) is 32.6 Å². The number of hydrogen-bond acceptors (Lipinski definition) is 3. The van der Waals surface area contributed by atoms with Crippen molar-refractivity contribution in [2.75, 3.05) is 10.6 Å². The highest BCUT2D eigenvalue weighted by Gasteiger charge is 2.06. The van der Waals surface area contributed by atoms with Crippen LogP contribution >= 0.6 is 0 Å². The number of amides is 2. The van der Waals surface area contributed by atoms with Gasteiger partial charge < -0.3 is 10.6 Å². The van der Waals surface area contributed by atoms with E-state index in [-0.39, 0.29) is 6.03 Å². The fraction of sp³-hybridized carbons (Fsp3) is 0.0870. The Balaban J connectivity index is 1.56. The van der Waals surface area contributed by atoms with Gasteiger partial charge in [-0.2, -0.15) is 5.10 Å². The zero-order valence-corrected chi connectivity index (χ0v) is 16.1. The van der Waals surface area contributed by atoms with Gasteiger partial charge in [-0.05, 0) is 36.8 Å². The molecule has 6 nitrogen and oxygen atoms in total. The minimum absolute atomic E-state index is 0.303. The van der Waals surface area contributed by atoms with Crippen molar-refractivity contribution in [3.8, 4) is 11.8 Å². The minimum Gasteiger partial charge on any atom is -0.308 e. The first-order chi connectivity index (χ1) is 14.1. The molecule has 0 spiro atoms. The first-order valence-electron chi connectivity index (χ1n) is 9.11. The van der Waals surface area contributed by atoms with Gasteiger partial charge in [0.15, 0.2) is 0 Å². The summed E-state index contributed by atoms with van der Waals surface area (Å²) in [6.45, 7) is 1.99. The summed E-state index contributed by atoms with van der Waals surface area (Å²) in [7, 11) is 1.88. The molecule has 0 bridgehead atoms. The number of nitrogens with zero attached hydrogens (tertiary/aromatic N) is 3. The molecule has 0 unspecified atom stereocenters. The molecule has 4 rings (SSSR count). The Hall–Kier alpha value is -4.11. The molecular formula is C23H19N5O. The fourth-order valence-electron chi connectivity index (χ4n) is 2.94. The lowest BCUT2D eigenvalue weighted by molar-refractivity contribution is 0.262. The highest BCUT2D eigenvalue weighted by Crippen LogP contribution is 2.18. The summed E-state index contributed by atoms with van der Waals surface area (Å²) in [6, 6.07) is 14.7. The Kier molecular flexibility index (Phi) is 4.95. The normalized spacial score (nSPS) is 10.3. The molecule has 2 aromatic carbocycles. The Morgan fingerprint density at radius 1 is 0.931 bits per heavy atom. The number of carbonyl (C=O) groups excluding carboxylic acids is 1. The van der Waals surface area contributed by atoms with Crippen molar-refractivity contribution in [2.45, 2.75) is 6.92 Å². The monoisotopic (exact) mass is 381 g/mol. The molecule has 0 aliphatic carbocycles.